The zero-order valence-corrected chi connectivity index (χ0v) is 9.08. The van der Waals surface area contributed by atoms with Crippen LogP contribution in [-0.2, 0) is 4.79 Å². The second kappa shape index (κ2) is 4.30. The molecule has 0 aromatic heterocycles. The summed E-state index contributed by atoms with van der Waals surface area (Å²) in [4.78, 5) is 11.0. The zero-order chi connectivity index (χ0) is 11.5. The summed E-state index contributed by atoms with van der Waals surface area (Å²) in [6, 6.07) is 3.36. The van der Waals surface area contributed by atoms with Gasteiger partial charge in [0.15, 0.2) is 11.5 Å². The predicted octanol–water partition coefficient (Wildman–Crippen LogP) is 1.39. The molecule has 0 radical (unpaired) electrons. The Labute approximate surface area is 93.5 Å². The van der Waals surface area contributed by atoms with Crippen LogP contribution in [0.1, 0.15) is 13.3 Å². The molecule has 0 atom stereocenters. The lowest BCUT2D eigenvalue weighted by molar-refractivity contribution is -0.114. The summed E-state index contributed by atoms with van der Waals surface area (Å²) in [5.41, 5.74) is 6.82. The van der Waals surface area contributed by atoms with Crippen molar-refractivity contribution in [2.75, 3.05) is 24.3 Å². The van der Waals surface area contributed by atoms with Gasteiger partial charge in [-0.05, 0) is 0 Å². The van der Waals surface area contributed by atoms with Gasteiger partial charge in [-0.1, -0.05) is 0 Å². The van der Waals surface area contributed by atoms with Crippen molar-refractivity contribution in [3.05, 3.63) is 12.1 Å². The summed E-state index contributed by atoms with van der Waals surface area (Å²) in [5.74, 6) is 1.08. The number of ether oxygens (including phenoxy) is 2. The normalized spacial score (nSPS) is 14.1. The molecule has 86 valence electrons. The molecule has 0 spiro atoms. The number of nitrogen functional groups attached to an aromatic ring is 1. The molecule has 1 aromatic carbocycles. The number of rotatable bonds is 1. The SMILES string of the molecule is CC(=O)Nc1cc2c(cc1N)OCCCO2. The van der Waals surface area contributed by atoms with Crippen molar-refractivity contribution in [3.8, 4) is 11.5 Å². The third kappa shape index (κ3) is 2.18. The lowest BCUT2D eigenvalue weighted by Gasteiger charge is -2.12. The molecule has 5 nitrogen and oxygen atoms in total. The van der Waals surface area contributed by atoms with E-state index in [9.17, 15) is 4.79 Å². The van der Waals surface area contributed by atoms with Gasteiger partial charge in [0.1, 0.15) is 0 Å². The van der Waals surface area contributed by atoms with Gasteiger partial charge >= 0.3 is 0 Å². The van der Waals surface area contributed by atoms with E-state index < -0.39 is 0 Å². The molecule has 1 aliphatic rings. The van der Waals surface area contributed by atoms with Crippen LogP contribution in [0.4, 0.5) is 11.4 Å². The summed E-state index contributed by atoms with van der Waals surface area (Å²) in [6.07, 6.45) is 0.837. The van der Waals surface area contributed by atoms with E-state index in [2.05, 4.69) is 5.32 Å². The largest absolute Gasteiger partial charge is 0.489 e. The summed E-state index contributed by atoms with van der Waals surface area (Å²) in [7, 11) is 0. The first-order valence-electron chi connectivity index (χ1n) is 5.13. The average Bonchev–Trinajstić information content (AvgIpc) is 2.42. The average molecular weight is 222 g/mol. The van der Waals surface area contributed by atoms with E-state index in [0.717, 1.165) is 6.42 Å². The van der Waals surface area contributed by atoms with Gasteiger partial charge in [-0.3, -0.25) is 4.79 Å². The van der Waals surface area contributed by atoms with Crippen molar-refractivity contribution >= 4 is 17.3 Å². The van der Waals surface area contributed by atoms with E-state index in [1.807, 2.05) is 0 Å². The topological polar surface area (TPSA) is 73.6 Å². The molecular weight excluding hydrogens is 208 g/mol. The number of benzene rings is 1. The van der Waals surface area contributed by atoms with E-state index in [0.29, 0.717) is 36.1 Å². The first-order chi connectivity index (χ1) is 7.66. The van der Waals surface area contributed by atoms with Gasteiger partial charge in [0.2, 0.25) is 5.91 Å². The summed E-state index contributed by atoms with van der Waals surface area (Å²) >= 11 is 0. The van der Waals surface area contributed by atoms with Crippen molar-refractivity contribution in [2.45, 2.75) is 13.3 Å². The Morgan fingerprint density at radius 2 is 1.94 bits per heavy atom. The van der Waals surface area contributed by atoms with Gasteiger partial charge in [0.05, 0.1) is 24.6 Å². The molecule has 0 fully saturated rings. The molecule has 1 aliphatic heterocycles. The molecule has 0 unspecified atom stereocenters. The maximum absolute atomic E-state index is 11.0. The number of nitrogens with two attached hydrogens (primary N) is 1. The molecule has 3 N–H and O–H groups in total. The summed E-state index contributed by atoms with van der Waals surface area (Å²) in [5, 5.41) is 2.64. The number of nitrogens with one attached hydrogen (secondary N) is 1. The molecule has 0 bridgehead atoms. The van der Waals surface area contributed by atoms with E-state index in [1.165, 1.54) is 6.92 Å². The van der Waals surface area contributed by atoms with Crippen LogP contribution in [0.5, 0.6) is 11.5 Å². The maximum Gasteiger partial charge on any atom is 0.221 e. The van der Waals surface area contributed by atoms with Crippen molar-refractivity contribution in [3.63, 3.8) is 0 Å². The molecular formula is C11H14N2O3. The highest BCUT2D eigenvalue weighted by Crippen LogP contribution is 2.36. The fourth-order valence-electron chi connectivity index (χ4n) is 1.52. The number of carbonyl (C=O) groups excluding carboxylic acids is 1. The third-order valence-corrected chi connectivity index (χ3v) is 2.23. The molecule has 5 heteroatoms. The first kappa shape index (κ1) is 10.6. The van der Waals surface area contributed by atoms with Crippen LogP contribution < -0.4 is 20.5 Å². The fraction of sp³-hybridized carbons (Fsp3) is 0.364. The minimum atomic E-state index is -0.166. The van der Waals surface area contributed by atoms with Crippen LogP contribution in [0.2, 0.25) is 0 Å². The van der Waals surface area contributed by atoms with Gasteiger partial charge in [-0.25, -0.2) is 0 Å². The number of hydrogen-bond acceptors (Lipinski definition) is 4. The molecule has 0 aliphatic carbocycles. The molecule has 16 heavy (non-hydrogen) atoms. The maximum atomic E-state index is 11.0. The van der Waals surface area contributed by atoms with E-state index in [4.69, 9.17) is 15.2 Å². The zero-order valence-electron chi connectivity index (χ0n) is 9.08. The Hall–Kier alpha value is -1.91. The molecule has 1 heterocycles. The Morgan fingerprint density at radius 3 is 2.56 bits per heavy atom. The summed E-state index contributed by atoms with van der Waals surface area (Å²) < 4.78 is 11.0. The predicted molar refractivity (Wildman–Crippen MR) is 60.8 cm³/mol. The van der Waals surface area contributed by atoms with Crippen molar-refractivity contribution in [1.29, 1.82) is 0 Å². The fourth-order valence-corrected chi connectivity index (χ4v) is 1.52. The Bertz CT molecular complexity index is 418. The molecule has 2 rings (SSSR count). The Morgan fingerprint density at radius 1 is 1.31 bits per heavy atom. The first-order valence-corrected chi connectivity index (χ1v) is 5.13. The van der Waals surface area contributed by atoms with Gasteiger partial charge in [0.25, 0.3) is 0 Å². The Balaban J connectivity index is 2.34. The van der Waals surface area contributed by atoms with E-state index >= 15 is 0 Å². The number of amides is 1. The number of anilines is 2. The van der Waals surface area contributed by atoms with Gasteiger partial charge < -0.3 is 20.5 Å². The second-order valence-electron chi connectivity index (χ2n) is 3.62. The standard InChI is InChI=1S/C11H14N2O3/c1-7(14)13-9-6-11-10(5-8(9)12)15-3-2-4-16-11/h5-6H,2-4,12H2,1H3,(H,13,14). The minimum absolute atomic E-state index is 0.166. The molecule has 0 saturated heterocycles. The molecule has 1 aromatic rings. The van der Waals surface area contributed by atoms with Crippen molar-refractivity contribution in [1.82, 2.24) is 0 Å². The van der Waals surface area contributed by atoms with E-state index in [1.54, 1.807) is 12.1 Å². The van der Waals surface area contributed by atoms with Crippen molar-refractivity contribution in [2.24, 2.45) is 0 Å². The second-order valence-corrected chi connectivity index (χ2v) is 3.62. The number of hydrogen-bond donors (Lipinski definition) is 2. The molecule has 1 amide bonds. The van der Waals surface area contributed by atoms with Gasteiger partial charge in [-0.2, -0.15) is 0 Å². The van der Waals surface area contributed by atoms with Crippen LogP contribution in [0, 0.1) is 0 Å². The highest BCUT2D eigenvalue weighted by atomic mass is 16.5. The lowest BCUT2D eigenvalue weighted by atomic mass is 10.2. The third-order valence-electron chi connectivity index (χ3n) is 2.23. The van der Waals surface area contributed by atoms with Crippen LogP contribution >= 0.6 is 0 Å². The number of fused-ring (bicyclic) bond motifs is 1. The highest BCUT2D eigenvalue weighted by Gasteiger charge is 2.13. The smallest absolute Gasteiger partial charge is 0.221 e. The van der Waals surface area contributed by atoms with Crippen LogP contribution in [-0.4, -0.2) is 19.1 Å². The van der Waals surface area contributed by atoms with E-state index in [-0.39, 0.29) is 5.91 Å². The number of carbonyl (C=O) groups is 1. The molecule has 0 saturated carbocycles. The van der Waals surface area contributed by atoms with Crippen molar-refractivity contribution < 1.29 is 14.3 Å². The quantitative estimate of drug-likeness (QED) is 0.704. The van der Waals surface area contributed by atoms with Gasteiger partial charge in [-0.15, -0.1) is 0 Å². The Kier molecular flexibility index (Phi) is 2.85. The highest BCUT2D eigenvalue weighted by molar-refractivity contribution is 5.93. The summed E-state index contributed by atoms with van der Waals surface area (Å²) in [6.45, 7) is 2.66. The monoisotopic (exact) mass is 222 g/mol. The van der Waals surface area contributed by atoms with Gasteiger partial charge in [0, 0.05) is 25.5 Å². The lowest BCUT2D eigenvalue weighted by Crippen LogP contribution is -2.08. The minimum Gasteiger partial charge on any atom is -0.489 e. The van der Waals surface area contributed by atoms with Crippen LogP contribution in [0.3, 0.4) is 0 Å². The van der Waals surface area contributed by atoms with Crippen LogP contribution in [0.25, 0.3) is 0 Å². The van der Waals surface area contributed by atoms with Crippen LogP contribution in [0.15, 0.2) is 12.1 Å².